The van der Waals surface area contributed by atoms with Crippen LogP contribution in [0.2, 0.25) is 0 Å². The summed E-state index contributed by atoms with van der Waals surface area (Å²) in [7, 11) is 4.84. The van der Waals surface area contributed by atoms with Crippen LogP contribution < -0.4 is 14.8 Å². The summed E-state index contributed by atoms with van der Waals surface area (Å²) < 4.78 is 15.7. The monoisotopic (exact) mass is 417 g/mol. The molecule has 0 aromatic heterocycles. The molecule has 28 heavy (non-hydrogen) atoms. The molecule has 1 N–H and O–H groups in total. The maximum atomic E-state index is 13.0. The van der Waals surface area contributed by atoms with Gasteiger partial charge < -0.3 is 24.4 Å². The standard InChI is InChI=1S/C18H27N3O6.ClH/c1-19-11-13-5-4-6-20(12-13)18(22)14-9-16(26-3)17(27-8-7-25-2)10-15(14)21(23)24;/h9-10,13,19H,4-8,11-12H2,1-3H3;1H. The van der Waals surface area contributed by atoms with E-state index >= 15 is 0 Å². The molecule has 2 rings (SSSR count). The normalized spacial score (nSPS) is 16.2. The molecule has 1 atom stereocenters. The summed E-state index contributed by atoms with van der Waals surface area (Å²) in [6, 6.07) is 2.64. The zero-order valence-electron chi connectivity index (χ0n) is 16.4. The number of piperidine rings is 1. The van der Waals surface area contributed by atoms with Gasteiger partial charge in [-0.2, -0.15) is 0 Å². The average molecular weight is 418 g/mol. The predicted molar refractivity (Wildman–Crippen MR) is 107 cm³/mol. The van der Waals surface area contributed by atoms with Gasteiger partial charge in [0.2, 0.25) is 0 Å². The van der Waals surface area contributed by atoms with Crippen LogP contribution in [-0.2, 0) is 4.74 Å². The minimum Gasteiger partial charge on any atom is -0.493 e. The average Bonchev–Trinajstić information content (AvgIpc) is 2.67. The maximum Gasteiger partial charge on any atom is 0.286 e. The number of nitro groups is 1. The molecule has 0 saturated carbocycles. The van der Waals surface area contributed by atoms with Gasteiger partial charge in [0.05, 0.1) is 24.7 Å². The first-order chi connectivity index (χ1) is 13.0. The minimum atomic E-state index is -0.565. The first-order valence-electron chi connectivity index (χ1n) is 8.93. The summed E-state index contributed by atoms with van der Waals surface area (Å²) >= 11 is 0. The van der Waals surface area contributed by atoms with Gasteiger partial charge in [0, 0.05) is 26.3 Å². The summed E-state index contributed by atoms with van der Waals surface area (Å²) in [5.74, 6) is 0.475. The number of nitrogens with zero attached hydrogens (tertiary/aromatic N) is 2. The molecule has 1 aromatic rings. The van der Waals surface area contributed by atoms with Crippen LogP contribution in [0.5, 0.6) is 11.5 Å². The number of halogens is 1. The third kappa shape index (κ3) is 5.95. The van der Waals surface area contributed by atoms with E-state index in [-0.39, 0.29) is 47.7 Å². The van der Waals surface area contributed by atoms with Gasteiger partial charge >= 0.3 is 0 Å². The van der Waals surface area contributed by atoms with Crippen molar-refractivity contribution in [1.82, 2.24) is 10.2 Å². The molecule has 0 spiro atoms. The van der Waals surface area contributed by atoms with Crippen molar-refractivity contribution >= 4 is 24.0 Å². The second kappa shape index (κ2) is 11.7. The number of hydrogen-bond donors (Lipinski definition) is 1. The van der Waals surface area contributed by atoms with Gasteiger partial charge in [-0.3, -0.25) is 14.9 Å². The number of methoxy groups -OCH3 is 2. The highest BCUT2D eigenvalue weighted by molar-refractivity contribution is 5.99. The fourth-order valence-electron chi connectivity index (χ4n) is 3.25. The summed E-state index contributed by atoms with van der Waals surface area (Å²) in [5, 5.41) is 14.7. The molecule has 10 heteroatoms. The number of benzene rings is 1. The highest BCUT2D eigenvalue weighted by Gasteiger charge is 2.30. The van der Waals surface area contributed by atoms with Crippen LogP contribution in [-0.4, -0.2) is 69.8 Å². The van der Waals surface area contributed by atoms with Gasteiger partial charge in [0.1, 0.15) is 12.2 Å². The largest absolute Gasteiger partial charge is 0.493 e. The van der Waals surface area contributed by atoms with Crippen LogP contribution in [0.3, 0.4) is 0 Å². The first-order valence-corrected chi connectivity index (χ1v) is 8.93. The summed E-state index contributed by atoms with van der Waals surface area (Å²) in [4.78, 5) is 25.7. The van der Waals surface area contributed by atoms with Crippen molar-refractivity contribution in [3.8, 4) is 11.5 Å². The highest BCUT2D eigenvalue weighted by atomic mass is 35.5. The van der Waals surface area contributed by atoms with E-state index in [0.717, 1.165) is 19.4 Å². The van der Waals surface area contributed by atoms with Crippen molar-refractivity contribution in [2.45, 2.75) is 12.8 Å². The lowest BCUT2D eigenvalue weighted by Gasteiger charge is -2.32. The molecule has 1 heterocycles. The third-order valence-corrected chi connectivity index (χ3v) is 4.55. The van der Waals surface area contributed by atoms with E-state index in [1.54, 1.807) is 4.90 Å². The number of nitro benzene ring substituents is 1. The van der Waals surface area contributed by atoms with Crippen molar-refractivity contribution in [2.75, 3.05) is 54.1 Å². The maximum absolute atomic E-state index is 13.0. The summed E-state index contributed by atoms with van der Waals surface area (Å²) in [6.07, 6.45) is 1.91. The molecule has 158 valence electrons. The van der Waals surface area contributed by atoms with Crippen molar-refractivity contribution in [3.05, 3.63) is 27.8 Å². The molecule has 0 bridgehead atoms. The van der Waals surface area contributed by atoms with E-state index in [9.17, 15) is 14.9 Å². The van der Waals surface area contributed by atoms with E-state index in [4.69, 9.17) is 14.2 Å². The SMILES string of the molecule is CNCC1CCCN(C(=O)c2cc(OC)c(OCCOC)cc2[N+](=O)[O-])C1.Cl. The van der Waals surface area contributed by atoms with E-state index in [1.807, 2.05) is 7.05 Å². The number of amides is 1. The Hall–Kier alpha value is -2.10. The van der Waals surface area contributed by atoms with Crippen LogP contribution in [0.1, 0.15) is 23.2 Å². The van der Waals surface area contributed by atoms with Crippen molar-refractivity contribution < 1.29 is 23.9 Å². The molecular weight excluding hydrogens is 390 g/mol. The van der Waals surface area contributed by atoms with Gasteiger partial charge in [-0.25, -0.2) is 0 Å². The molecule has 1 saturated heterocycles. The molecular formula is C18H28ClN3O6. The predicted octanol–water partition coefficient (Wildman–Crippen LogP) is 2.12. The van der Waals surface area contributed by atoms with Crippen molar-refractivity contribution in [3.63, 3.8) is 0 Å². The lowest BCUT2D eigenvalue weighted by Crippen LogP contribution is -2.42. The number of likely N-dealkylation sites (tertiary alicyclic amines) is 1. The lowest BCUT2D eigenvalue weighted by atomic mass is 9.97. The lowest BCUT2D eigenvalue weighted by molar-refractivity contribution is -0.385. The zero-order valence-corrected chi connectivity index (χ0v) is 17.3. The zero-order chi connectivity index (χ0) is 19.8. The molecule has 9 nitrogen and oxygen atoms in total. The fraction of sp³-hybridized carbons (Fsp3) is 0.611. The number of nitrogens with one attached hydrogen (secondary N) is 1. The second-order valence-corrected chi connectivity index (χ2v) is 6.44. The van der Waals surface area contributed by atoms with Crippen molar-refractivity contribution in [1.29, 1.82) is 0 Å². The number of hydrogen-bond acceptors (Lipinski definition) is 7. The number of carbonyl (C=O) groups excluding carboxylic acids is 1. The van der Waals surface area contributed by atoms with E-state index < -0.39 is 4.92 Å². The molecule has 1 aliphatic rings. The molecule has 0 radical (unpaired) electrons. The van der Waals surface area contributed by atoms with Crippen LogP contribution in [0.15, 0.2) is 12.1 Å². The molecule has 1 aliphatic heterocycles. The Morgan fingerprint density at radius 2 is 2.07 bits per heavy atom. The molecule has 0 aliphatic carbocycles. The van der Waals surface area contributed by atoms with Gasteiger partial charge in [-0.05, 0) is 32.4 Å². The molecule has 1 fully saturated rings. The summed E-state index contributed by atoms with van der Waals surface area (Å²) in [6.45, 7) is 2.52. The Morgan fingerprint density at radius 1 is 1.32 bits per heavy atom. The molecule has 1 amide bonds. The first kappa shape index (κ1) is 23.9. The Morgan fingerprint density at radius 3 is 2.68 bits per heavy atom. The second-order valence-electron chi connectivity index (χ2n) is 6.44. The van der Waals surface area contributed by atoms with Gasteiger partial charge in [-0.1, -0.05) is 0 Å². The molecule has 1 unspecified atom stereocenters. The van der Waals surface area contributed by atoms with Gasteiger partial charge in [0.15, 0.2) is 11.5 Å². The number of carbonyl (C=O) groups is 1. The van der Waals surface area contributed by atoms with Gasteiger partial charge in [-0.15, -0.1) is 12.4 Å². The summed E-state index contributed by atoms with van der Waals surface area (Å²) in [5.41, 5.74) is -0.273. The van der Waals surface area contributed by atoms with Gasteiger partial charge in [0.25, 0.3) is 11.6 Å². The third-order valence-electron chi connectivity index (χ3n) is 4.55. The Labute approximate surface area is 170 Å². The quantitative estimate of drug-likeness (QED) is 0.373. The minimum absolute atomic E-state index is 0. The number of rotatable bonds is 9. The van der Waals surface area contributed by atoms with Crippen molar-refractivity contribution in [2.24, 2.45) is 5.92 Å². The van der Waals surface area contributed by atoms with E-state index in [0.29, 0.717) is 25.6 Å². The molecule has 1 aromatic carbocycles. The smallest absolute Gasteiger partial charge is 0.286 e. The highest BCUT2D eigenvalue weighted by Crippen LogP contribution is 2.36. The topological polar surface area (TPSA) is 103 Å². The number of ether oxygens (including phenoxy) is 3. The van der Waals surface area contributed by atoms with Crippen LogP contribution in [0.4, 0.5) is 5.69 Å². The van der Waals surface area contributed by atoms with E-state index in [2.05, 4.69) is 5.32 Å². The Bertz CT molecular complexity index is 671. The van der Waals surface area contributed by atoms with Crippen LogP contribution in [0, 0.1) is 16.0 Å². The fourth-order valence-corrected chi connectivity index (χ4v) is 3.25. The Balaban J connectivity index is 0.00000392. The Kier molecular flexibility index (Phi) is 9.98. The van der Waals surface area contributed by atoms with E-state index in [1.165, 1.54) is 26.4 Å². The van der Waals surface area contributed by atoms with Crippen LogP contribution >= 0.6 is 12.4 Å². The van der Waals surface area contributed by atoms with Crippen LogP contribution in [0.25, 0.3) is 0 Å².